The summed E-state index contributed by atoms with van der Waals surface area (Å²) in [6.07, 6.45) is 3.33. The van der Waals surface area contributed by atoms with E-state index in [1.807, 2.05) is 62.4 Å². The summed E-state index contributed by atoms with van der Waals surface area (Å²) in [5.74, 6) is -0.435. The average molecular weight is 452 g/mol. The standard InChI is InChI=1S/C26H29NO6/c1-17(2)33-23-9-7-6-8-20(23)24-21(25(28)31-4)15-27(16-22(24)26(29)32-5)14-18-10-12-19(30-3)13-11-18/h6-13,15-17,24H,14H2,1-5H3. The first-order valence-corrected chi connectivity index (χ1v) is 10.6. The molecule has 0 bridgehead atoms. The van der Waals surface area contributed by atoms with Crippen LogP contribution in [0.15, 0.2) is 72.1 Å². The molecule has 2 aromatic carbocycles. The molecule has 0 atom stereocenters. The second-order valence-electron chi connectivity index (χ2n) is 7.81. The van der Waals surface area contributed by atoms with Crippen LogP contribution in [0.3, 0.4) is 0 Å². The van der Waals surface area contributed by atoms with Gasteiger partial charge in [-0.15, -0.1) is 0 Å². The highest BCUT2D eigenvalue weighted by molar-refractivity contribution is 5.98. The number of hydrogen-bond donors (Lipinski definition) is 0. The normalized spacial score (nSPS) is 13.8. The Morgan fingerprint density at radius 1 is 0.879 bits per heavy atom. The van der Waals surface area contributed by atoms with E-state index in [4.69, 9.17) is 18.9 Å². The van der Waals surface area contributed by atoms with E-state index in [9.17, 15) is 9.59 Å². The number of para-hydroxylation sites is 1. The molecular formula is C26H29NO6. The van der Waals surface area contributed by atoms with E-state index >= 15 is 0 Å². The monoisotopic (exact) mass is 451 g/mol. The lowest BCUT2D eigenvalue weighted by atomic mass is 9.82. The molecule has 7 heteroatoms. The SMILES string of the molecule is COC(=O)C1=CN(Cc2ccc(OC)cc2)C=C(C(=O)OC)C1c1ccccc1OC(C)C. The van der Waals surface area contributed by atoms with E-state index in [0.717, 1.165) is 11.3 Å². The lowest BCUT2D eigenvalue weighted by molar-refractivity contribution is -0.137. The van der Waals surface area contributed by atoms with Crippen LogP contribution < -0.4 is 9.47 Å². The summed E-state index contributed by atoms with van der Waals surface area (Å²) in [6.45, 7) is 4.27. The molecule has 0 aromatic heterocycles. The molecule has 0 spiro atoms. The van der Waals surface area contributed by atoms with Crippen molar-refractivity contribution in [1.29, 1.82) is 0 Å². The number of rotatable bonds is 8. The highest BCUT2D eigenvalue weighted by Crippen LogP contribution is 2.41. The maximum atomic E-state index is 12.9. The van der Waals surface area contributed by atoms with Gasteiger partial charge in [0.2, 0.25) is 0 Å². The van der Waals surface area contributed by atoms with Gasteiger partial charge in [-0.25, -0.2) is 9.59 Å². The van der Waals surface area contributed by atoms with Crippen molar-refractivity contribution in [3.05, 3.63) is 83.2 Å². The highest BCUT2D eigenvalue weighted by Gasteiger charge is 2.37. The van der Waals surface area contributed by atoms with Crippen LogP contribution in [0.2, 0.25) is 0 Å². The summed E-state index contributed by atoms with van der Waals surface area (Å²) >= 11 is 0. The van der Waals surface area contributed by atoms with Crippen LogP contribution in [-0.4, -0.2) is 44.3 Å². The Balaban J connectivity index is 2.08. The van der Waals surface area contributed by atoms with E-state index in [2.05, 4.69) is 0 Å². The van der Waals surface area contributed by atoms with Crippen LogP contribution in [0.5, 0.6) is 11.5 Å². The van der Waals surface area contributed by atoms with Gasteiger partial charge in [0.15, 0.2) is 0 Å². The number of nitrogens with zero attached hydrogens (tertiary/aromatic N) is 1. The van der Waals surface area contributed by atoms with Crippen LogP contribution in [0, 0.1) is 0 Å². The number of hydrogen-bond acceptors (Lipinski definition) is 7. The minimum atomic E-state index is -0.702. The van der Waals surface area contributed by atoms with E-state index < -0.39 is 17.9 Å². The zero-order valence-electron chi connectivity index (χ0n) is 19.5. The number of carbonyl (C=O) groups excluding carboxylic acids is 2. The third-order valence-electron chi connectivity index (χ3n) is 5.19. The Hall–Kier alpha value is -3.74. The highest BCUT2D eigenvalue weighted by atomic mass is 16.5. The molecule has 174 valence electrons. The van der Waals surface area contributed by atoms with Gasteiger partial charge in [-0.2, -0.15) is 0 Å². The van der Waals surface area contributed by atoms with E-state index in [1.54, 1.807) is 24.4 Å². The first kappa shape index (κ1) is 23.9. The molecule has 1 aliphatic heterocycles. The van der Waals surface area contributed by atoms with Crippen molar-refractivity contribution < 1.29 is 28.5 Å². The van der Waals surface area contributed by atoms with Gasteiger partial charge in [0.25, 0.3) is 0 Å². The van der Waals surface area contributed by atoms with Crippen molar-refractivity contribution >= 4 is 11.9 Å². The third kappa shape index (κ3) is 5.55. The minimum Gasteiger partial charge on any atom is -0.497 e. The number of carbonyl (C=O) groups is 2. The number of methoxy groups -OCH3 is 3. The summed E-state index contributed by atoms with van der Waals surface area (Å²) < 4.78 is 21.4. The van der Waals surface area contributed by atoms with Crippen LogP contribution in [0.25, 0.3) is 0 Å². The van der Waals surface area contributed by atoms with E-state index in [0.29, 0.717) is 29.0 Å². The third-order valence-corrected chi connectivity index (χ3v) is 5.19. The smallest absolute Gasteiger partial charge is 0.336 e. The fourth-order valence-electron chi connectivity index (χ4n) is 3.74. The Morgan fingerprint density at radius 3 is 1.97 bits per heavy atom. The zero-order chi connectivity index (χ0) is 24.0. The van der Waals surface area contributed by atoms with Crippen molar-refractivity contribution in [2.75, 3.05) is 21.3 Å². The molecule has 0 fully saturated rings. The molecule has 0 aliphatic carbocycles. The molecule has 0 unspecified atom stereocenters. The Bertz CT molecular complexity index is 1020. The van der Waals surface area contributed by atoms with Crippen molar-refractivity contribution in [2.24, 2.45) is 0 Å². The van der Waals surface area contributed by atoms with Gasteiger partial charge in [0, 0.05) is 24.5 Å². The molecule has 1 aliphatic rings. The fraction of sp³-hybridized carbons (Fsp3) is 0.308. The van der Waals surface area contributed by atoms with Crippen LogP contribution in [-0.2, 0) is 25.6 Å². The average Bonchev–Trinajstić information content (AvgIpc) is 2.83. The molecular weight excluding hydrogens is 422 g/mol. The van der Waals surface area contributed by atoms with Gasteiger partial charge in [0.05, 0.1) is 44.5 Å². The lowest BCUT2D eigenvalue weighted by Gasteiger charge is -2.31. The van der Waals surface area contributed by atoms with E-state index in [1.165, 1.54) is 14.2 Å². The van der Waals surface area contributed by atoms with Gasteiger partial charge in [0.1, 0.15) is 11.5 Å². The molecule has 0 N–H and O–H groups in total. The Kier molecular flexibility index (Phi) is 7.77. The molecule has 2 aromatic rings. The largest absolute Gasteiger partial charge is 0.497 e. The number of benzene rings is 2. The van der Waals surface area contributed by atoms with Gasteiger partial charge in [-0.05, 0) is 37.6 Å². The zero-order valence-corrected chi connectivity index (χ0v) is 19.5. The van der Waals surface area contributed by atoms with Gasteiger partial charge < -0.3 is 23.8 Å². The second kappa shape index (κ2) is 10.7. The number of esters is 2. The van der Waals surface area contributed by atoms with Crippen LogP contribution >= 0.6 is 0 Å². The fourth-order valence-corrected chi connectivity index (χ4v) is 3.74. The van der Waals surface area contributed by atoms with Crippen molar-refractivity contribution in [2.45, 2.75) is 32.4 Å². The summed E-state index contributed by atoms with van der Waals surface area (Å²) in [6, 6.07) is 14.9. The summed E-state index contributed by atoms with van der Waals surface area (Å²) in [7, 11) is 4.25. The maximum Gasteiger partial charge on any atom is 0.336 e. The second-order valence-corrected chi connectivity index (χ2v) is 7.81. The quantitative estimate of drug-likeness (QED) is 0.557. The van der Waals surface area contributed by atoms with Crippen molar-refractivity contribution in [3.63, 3.8) is 0 Å². The Labute approximate surface area is 194 Å². The molecule has 3 rings (SSSR count). The predicted molar refractivity (Wildman–Crippen MR) is 124 cm³/mol. The van der Waals surface area contributed by atoms with Gasteiger partial charge in [-0.3, -0.25) is 0 Å². The molecule has 0 saturated heterocycles. The molecule has 1 heterocycles. The van der Waals surface area contributed by atoms with Gasteiger partial charge in [-0.1, -0.05) is 30.3 Å². The van der Waals surface area contributed by atoms with Crippen LogP contribution in [0.1, 0.15) is 30.9 Å². The maximum absolute atomic E-state index is 12.9. The van der Waals surface area contributed by atoms with E-state index in [-0.39, 0.29) is 6.10 Å². The van der Waals surface area contributed by atoms with Crippen molar-refractivity contribution in [3.8, 4) is 11.5 Å². The number of ether oxygens (including phenoxy) is 4. The lowest BCUT2D eigenvalue weighted by Crippen LogP contribution is -2.29. The molecule has 33 heavy (non-hydrogen) atoms. The first-order valence-electron chi connectivity index (χ1n) is 10.6. The minimum absolute atomic E-state index is 0.0857. The molecule has 0 saturated carbocycles. The summed E-state index contributed by atoms with van der Waals surface area (Å²) in [5.41, 5.74) is 2.28. The van der Waals surface area contributed by atoms with Crippen LogP contribution in [0.4, 0.5) is 0 Å². The molecule has 0 amide bonds. The summed E-state index contributed by atoms with van der Waals surface area (Å²) in [5, 5.41) is 0. The van der Waals surface area contributed by atoms with Gasteiger partial charge >= 0.3 is 11.9 Å². The summed E-state index contributed by atoms with van der Waals surface area (Å²) in [4.78, 5) is 27.5. The topological polar surface area (TPSA) is 74.3 Å². The Morgan fingerprint density at radius 2 is 1.45 bits per heavy atom. The molecule has 7 nitrogen and oxygen atoms in total. The van der Waals surface area contributed by atoms with Crippen molar-refractivity contribution in [1.82, 2.24) is 4.90 Å². The predicted octanol–water partition coefficient (Wildman–Crippen LogP) is 4.20. The molecule has 0 radical (unpaired) electrons. The first-order chi connectivity index (χ1) is 15.9.